The highest BCUT2D eigenvalue weighted by Gasteiger charge is 2.16. The summed E-state index contributed by atoms with van der Waals surface area (Å²) in [6.07, 6.45) is 0.396. The second-order valence-electron chi connectivity index (χ2n) is 4.55. The Balaban J connectivity index is 2.97. The van der Waals surface area contributed by atoms with Gasteiger partial charge < -0.3 is 10.5 Å². The van der Waals surface area contributed by atoms with E-state index in [1.165, 1.54) is 5.56 Å². The molecule has 18 heavy (non-hydrogen) atoms. The molecule has 1 aromatic carbocycles. The third-order valence-electron chi connectivity index (χ3n) is 2.89. The molecule has 5 heteroatoms. The smallest absolute Gasteiger partial charge is 0.251 e. The van der Waals surface area contributed by atoms with Crippen LogP contribution in [0.15, 0.2) is 18.2 Å². The number of nitrogens with two attached hydrogens (primary N) is 2. The lowest BCUT2D eigenvalue weighted by Gasteiger charge is -2.15. The van der Waals surface area contributed by atoms with E-state index < -0.39 is 6.04 Å². The molecule has 5 N–H and O–H groups in total. The molecule has 0 heterocycles. The van der Waals surface area contributed by atoms with Crippen molar-refractivity contribution in [2.24, 2.45) is 11.6 Å². The third-order valence-corrected chi connectivity index (χ3v) is 2.89. The van der Waals surface area contributed by atoms with Gasteiger partial charge in [-0.2, -0.15) is 0 Å². The molecule has 0 aromatic heterocycles. The summed E-state index contributed by atoms with van der Waals surface area (Å²) in [4.78, 5) is 11.3. The standard InChI is InChI=1S/C13H21N3O2/c1-8(2)9-4-5-12(18-3)10(6-9)7-11(14)13(17)16-15/h4-6,8,11H,7,14-15H2,1-3H3,(H,16,17). The summed E-state index contributed by atoms with van der Waals surface area (Å²) in [6.45, 7) is 4.22. The number of rotatable bonds is 5. The van der Waals surface area contributed by atoms with Gasteiger partial charge in [-0.25, -0.2) is 5.84 Å². The van der Waals surface area contributed by atoms with Gasteiger partial charge in [0.25, 0.3) is 5.91 Å². The number of carbonyl (C=O) groups excluding carboxylic acids is 1. The summed E-state index contributed by atoms with van der Waals surface area (Å²) in [5.74, 6) is 5.83. The molecule has 1 unspecified atom stereocenters. The molecule has 1 amide bonds. The number of carbonyl (C=O) groups is 1. The van der Waals surface area contributed by atoms with Crippen molar-refractivity contribution in [2.45, 2.75) is 32.2 Å². The largest absolute Gasteiger partial charge is 0.496 e. The first kappa shape index (κ1) is 14.5. The average molecular weight is 251 g/mol. The van der Waals surface area contributed by atoms with Crippen LogP contribution in [0.1, 0.15) is 30.9 Å². The molecule has 0 saturated carbocycles. The molecular formula is C13H21N3O2. The number of benzene rings is 1. The summed E-state index contributed by atoms with van der Waals surface area (Å²) in [7, 11) is 1.60. The van der Waals surface area contributed by atoms with Crippen molar-refractivity contribution >= 4 is 5.91 Å². The maximum absolute atomic E-state index is 11.3. The summed E-state index contributed by atoms with van der Waals surface area (Å²) < 4.78 is 5.28. The number of methoxy groups -OCH3 is 1. The molecule has 1 aromatic rings. The maximum Gasteiger partial charge on any atom is 0.251 e. The minimum atomic E-state index is -0.675. The lowest BCUT2D eigenvalue weighted by Crippen LogP contribution is -2.45. The van der Waals surface area contributed by atoms with Crippen LogP contribution < -0.4 is 21.7 Å². The van der Waals surface area contributed by atoms with Gasteiger partial charge in [0.15, 0.2) is 0 Å². The zero-order valence-electron chi connectivity index (χ0n) is 11.1. The lowest BCUT2D eigenvalue weighted by atomic mass is 9.97. The molecule has 0 aliphatic carbocycles. The van der Waals surface area contributed by atoms with Crippen LogP contribution in [0.25, 0.3) is 0 Å². The van der Waals surface area contributed by atoms with Gasteiger partial charge in [-0.1, -0.05) is 26.0 Å². The van der Waals surface area contributed by atoms with Crippen molar-refractivity contribution < 1.29 is 9.53 Å². The lowest BCUT2D eigenvalue weighted by molar-refractivity contribution is -0.122. The predicted octanol–water partition coefficient (Wildman–Crippen LogP) is 0.678. The Morgan fingerprint density at radius 2 is 2.11 bits per heavy atom. The highest BCUT2D eigenvalue weighted by molar-refractivity contribution is 5.81. The first-order valence-corrected chi connectivity index (χ1v) is 5.92. The summed E-state index contributed by atoms with van der Waals surface area (Å²) in [5.41, 5.74) is 9.92. The number of nitrogens with one attached hydrogen (secondary N) is 1. The van der Waals surface area contributed by atoms with Gasteiger partial charge >= 0.3 is 0 Å². The SMILES string of the molecule is COc1ccc(C(C)C)cc1CC(N)C(=O)NN. The highest BCUT2D eigenvalue weighted by atomic mass is 16.5. The number of ether oxygens (including phenoxy) is 1. The van der Waals surface area contributed by atoms with E-state index in [9.17, 15) is 4.79 Å². The molecule has 100 valence electrons. The van der Waals surface area contributed by atoms with E-state index in [1.54, 1.807) is 7.11 Å². The zero-order valence-corrected chi connectivity index (χ0v) is 11.1. The van der Waals surface area contributed by atoms with Gasteiger partial charge in [0.05, 0.1) is 13.2 Å². The molecular weight excluding hydrogens is 230 g/mol. The Morgan fingerprint density at radius 1 is 1.44 bits per heavy atom. The number of hydrazine groups is 1. The Hall–Kier alpha value is -1.59. The zero-order chi connectivity index (χ0) is 13.7. The van der Waals surface area contributed by atoms with Crippen LogP contribution in [-0.4, -0.2) is 19.1 Å². The quantitative estimate of drug-likeness (QED) is 0.408. The monoisotopic (exact) mass is 251 g/mol. The van der Waals surface area contributed by atoms with Gasteiger partial charge in [-0.15, -0.1) is 0 Å². The van der Waals surface area contributed by atoms with Crippen LogP contribution in [0.4, 0.5) is 0 Å². The van der Waals surface area contributed by atoms with Crippen molar-refractivity contribution in [2.75, 3.05) is 7.11 Å². The van der Waals surface area contributed by atoms with Crippen LogP contribution >= 0.6 is 0 Å². The van der Waals surface area contributed by atoms with Gasteiger partial charge in [-0.3, -0.25) is 10.2 Å². The van der Waals surface area contributed by atoms with Crippen LogP contribution in [0, 0.1) is 0 Å². The predicted molar refractivity (Wildman–Crippen MR) is 71.1 cm³/mol. The highest BCUT2D eigenvalue weighted by Crippen LogP contribution is 2.25. The van der Waals surface area contributed by atoms with E-state index in [2.05, 4.69) is 19.3 Å². The first-order valence-electron chi connectivity index (χ1n) is 5.92. The minimum absolute atomic E-state index is 0.382. The van der Waals surface area contributed by atoms with Crippen molar-refractivity contribution in [3.05, 3.63) is 29.3 Å². The van der Waals surface area contributed by atoms with Crippen LogP contribution in [0.5, 0.6) is 5.75 Å². The molecule has 0 aliphatic heterocycles. The van der Waals surface area contributed by atoms with E-state index in [-0.39, 0.29) is 5.91 Å². The van der Waals surface area contributed by atoms with E-state index >= 15 is 0 Å². The third kappa shape index (κ3) is 3.45. The number of amides is 1. The summed E-state index contributed by atoms with van der Waals surface area (Å²) >= 11 is 0. The topological polar surface area (TPSA) is 90.4 Å². The van der Waals surface area contributed by atoms with Crippen LogP contribution in [0.3, 0.4) is 0 Å². The average Bonchev–Trinajstić information content (AvgIpc) is 2.37. The van der Waals surface area contributed by atoms with E-state index in [1.807, 2.05) is 18.2 Å². The first-order chi connectivity index (χ1) is 8.49. The fourth-order valence-electron chi connectivity index (χ4n) is 1.75. The Labute approximate surface area is 107 Å². The van der Waals surface area contributed by atoms with Gasteiger partial charge in [-0.05, 0) is 23.1 Å². The van der Waals surface area contributed by atoms with Crippen LogP contribution in [-0.2, 0) is 11.2 Å². The number of hydrogen-bond donors (Lipinski definition) is 3. The molecule has 0 radical (unpaired) electrons. The minimum Gasteiger partial charge on any atom is -0.496 e. The number of hydrogen-bond acceptors (Lipinski definition) is 4. The maximum atomic E-state index is 11.3. The molecule has 1 rings (SSSR count). The molecule has 1 atom stereocenters. The van der Waals surface area contributed by atoms with Crippen LogP contribution in [0.2, 0.25) is 0 Å². The second kappa shape index (κ2) is 6.37. The molecule has 5 nitrogen and oxygen atoms in total. The molecule has 0 saturated heterocycles. The Morgan fingerprint density at radius 3 is 2.61 bits per heavy atom. The molecule has 0 aliphatic rings. The van der Waals surface area contributed by atoms with Crippen molar-refractivity contribution in [3.8, 4) is 5.75 Å². The Kier molecular flexibility index (Phi) is 5.12. The van der Waals surface area contributed by atoms with Crippen molar-refractivity contribution in [1.82, 2.24) is 5.43 Å². The fraction of sp³-hybridized carbons (Fsp3) is 0.462. The fourth-order valence-corrected chi connectivity index (χ4v) is 1.75. The Bertz CT molecular complexity index is 419. The van der Waals surface area contributed by atoms with Gasteiger partial charge in [0.2, 0.25) is 0 Å². The van der Waals surface area contributed by atoms with Crippen molar-refractivity contribution in [1.29, 1.82) is 0 Å². The van der Waals surface area contributed by atoms with Gasteiger partial charge in [0, 0.05) is 6.42 Å². The van der Waals surface area contributed by atoms with Crippen molar-refractivity contribution in [3.63, 3.8) is 0 Å². The van der Waals surface area contributed by atoms with E-state index in [4.69, 9.17) is 16.3 Å². The normalized spacial score (nSPS) is 12.3. The summed E-state index contributed by atoms with van der Waals surface area (Å²) in [5, 5.41) is 0. The van der Waals surface area contributed by atoms with E-state index in [0.29, 0.717) is 12.3 Å². The molecule has 0 fully saturated rings. The van der Waals surface area contributed by atoms with Gasteiger partial charge in [0.1, 0.15) is 5.75 Å². The molecule has 0 spiro atoms. The van der Waals surface area contributed by atoms with E-state index in [0.717, 1.165) is 11.3 Å². The second-order valence-corrected chi connectivity index (χ2v) is 4.55. The molecule has 0 bridgehead atoms. The summed E-state index contributed by atoms with van der Waals surface area (Å²) in [6, 6.07) is 5.26.